The lowest BCUT2D eigenvalue weighted by Crippen LogP contribution is -2.26. The second kappa shape index (κ2) is 7.87. The standard InChI is InChI=1S/C13H24N4O/c1-5-7-11(8-18-4)17-13-10(3)12(14-6-2)15-9-16-13/h9,11H,5-8H2,1-4H3,(H2,14,15,16,17). The Morgan fingerprint density at radius 3 is 2.61 bits per heavy atom. The summed E-state index contributed by atoms with van der Waals surface area (Å²) >= 11 is 0. The molecule has 0 saturated carbocycles. The minimum Gasteiger partial charge on any atom is -0.383 e. The first-order chi connectivity index (χ1) is 8.72. The fourth-order valence-electron chi connectivity index (χ4n) is 1.88. The van der Waals surface area contributed by atoms with E-state index in [0.717, 1.165) is 36.6 Å². The lowest BCUT2D eigenvalue weighted by Gasteiger charge is -2.19. The SMILES string of the molecule is CCCC(COC)Nc1ncnc(NCC)c1C. The fraction of sp³-hybridized carbons (Fsp3) is 0.692. The maximum absolute atomic E-state index is 5.22. The predicted molar refractivity (Wildman–Crippen MR) is 75.1 cm³/mol. The zero-order chi connectivity index (χ0) is 13.4. The van der Waals surface area contributed by atoms with Crippen LogP contribution in [0.15, 0.2) is 6.33 Å². The average Bonchev–Trinajstić information content (AvgIpc) is 2.35. The van der Waals surface area contributed by atoms with E-state index in [1.54, 1.807) is 13.4 Å². The number of hydrogen-bond donors (Lipinski definition) is 2. The van der Waals surface area contributed by atoms with Crippen molar-refractivity contribution in [1.82, 2.24) is 9.97 Å². The highest BCUT2D eigenvalue weighted by Gasteiger charge is 2.11. The van der Waals surface area contributed by atoms with Crippen LogP contribution in [0.3, 0.4) is 0 Å². The van der Waals surface area contributed by atoms with E-state index in [1.807, 2.05) is 6.92 Å². The normalized spacial score (nSPS) is 12.2. The molecule has 1 atom stereocenters. The van der Waals surface area contributed by atoms with Gasteiger partial charge in [-0.2, -0.15) is 0 Å². The largest absolute Gasteiger partial charge is 0.383 e. The summed E-state index contributed by atoms with van der Waals surface area (Å²) in [5.74, 6) is 1.78. The summed E-state index contributed by atoms with van der Waals surface area (Å²) in [5.41, 5.74) is 1.05. The molecule has 1 rings (SSSR count). The van der Waals surface area contributed by atoms with Crippen LogP contribution in [0.2, 0.25) is 0 Å². The van der Waals surface area contributed by atoms with Crippen molar-refractivity contribution in [2.45, 2.75) is 39.7 Å². The van der Waals surface area contributed by atoms with Crippen LogP contribution in [0.1, 0.15) is 32.3 Å². The Hall–Kier alpha value is -1.36. The van der Waals surface area contributed by atoms with Gasteiger partial charge in [0.1, 0.15) is 18.0 Å². The van der Waals surface area contributed by atoms with Crippen molar-refractivity contribution in [2.75, 3.05) is 30.9 Å². The second-order valence-electron chi connectivity index (χ2n) is 4.31. The van der Waals surface area contributed by atoms with E-state index < -0.39 is 0 Å². The third-order valence-electron chi connectivity index (χ3n) is 2.77. The van der Waals surface area contributed by atoms with E-state index in [0.29, 0.717) is 12.6 Å². The molecule has 0 aliphatic carbocycles. The second-order valence-corrected chi connectivity index (χ2v) is 4.31. The minimum atomic E-state index is 0.295. The summed E-state index contributed by atoms with van der Waals surface area (Å²) in [7, 11) is 1.72. The molecule has 0 aliphatic rings. The molecule has 0 fully saturated rings. The lowest BCUT2D eigenvalue weighted by atomic mass is 10.1. The summed E-state index contributed by atoms with van der Waals surface area (Å²) in [6.07, 6.45) is 3.77. The minimum absolute atomic E-state index is 0.295. The lowest BCUT2D eigenvalue weighted by molar-refractivity contribution is 0.182. The molecular weight excluding hydrogens is 228 g/mol. The molecule has 1 aromatic rings. The number of aromatic nitrogens is 2. The number of hydrogen-bond acceptors (Lipinski definition) is 5. The van der Waals surface area contributed by atoms with Crippen LogP contribution >= 0.6 is 0 Å². The van der Waals surface area contributed by atoms with Gasteiger partial charge in [0, 0.05) is 19.2 Å². The topological polar surface area (TPSA) is 59.1 Å². The van der Waals surface area contributed by atoms with Crippen LogP contribution in [0.5, 0.6) is 0 Å². The molecule has 5 nitrogen and oxygen atoms in total. The van der Waals surface area contributed by atoms with Gasteiger partial charge >= 0.3 is 0 Å². The Morgan fingerprint density at radius 2 is 2.00 bits per heavy atom. The summed E-state index contributed by atoms with van der Waals surface area (Å²) in [5, 5.41) is 6.66. The zero-order valence-electron chi connectivity index (χ0n) is 11.8. The molecule has 0 bridgehead atoms. The molecule has 5 heteroatoms. The molecule has 18 heavy (non-hydrogen) atoms. The van der Waals surface area contributed by atoms with Gasteiger partial charge in [-0.25, -0.2) is 9.97 Å². The molecule has 0 aliphatic heterocycles. The molecule has 0 saturated heterocycles. The summed E-state index contributed by atoms with van der Waals surface area (Å²) in [6, 6.07) is 0.295. The summed E-state index contributed by atoms with van der Waals surface area (Å²) < 4.78 is 5.22. The Bertz CT molecular complexity index is 351. The van der Waals surface area contributed by atoms with Gasteiger partial charge in [0.15, 0.2) is 0 Å². The van der Waals surface area contributed by atoms with Gasteiger partial charge in [-0.3, -0.25) is 0 Å². The van der Waals surface area contributed by atoms with Gasteiger partial charge in [-0.05, 0) is 20.3 Å². The highest BCUT2D eigenvalue weighted by molar-refractivity contribution is 5.56. The molecule has 1 heterocycles. The summed E-state index contributed by atoms with van der Waals surface area (Å²) in [6.45, 7) is 7.79. The van der Waals surface area contributed by atoms with Crippen molar-refractivity contribution in [3.63, 3.8) is 0 Å². The Labute approximate surface area is 109 Å². The molecule has 1 aromatic heterocycles. The molecule has 1 unspecified atom stereocenters. The maximum Gasteiger partial charge on any atom is 0.134 e. The van der Waals surface area contributed by atoms with E-state index in [2.05, 4.69) is 34.4 Å². The number of anilines is 2. The molecule has 0 aromatic carbocycles. The number of methoxy groups -OCH3 is 1. The monoisotopic (exact) mass is 252 g/mol. The van der Waals surface area contributed by atoms with Crippen molar-refractivity contribution >= 4 is 11.6 Å². The predicted octanol–water partition coefficient (Wildman–Crippen LogP) is 2.44. The van der Waals surface area contributed by atoms with E-state index in [-0.39, 0.29) is 0 Å². The van der Waals surface area contributed by atoms with Crippen LogP contribution in [0.25, 0.3) is 0 Å². The number of nitrogens with one attached hydrogen (secondary N) is 2. The van der Waals surface area contributed by atoms with Crippen LogP contribution in [0.4, 0.5) is 11.6 Å². The van der Waals surface area contributed by atoms with Gasteiger partial charge in [-0.15, -0.1) is 0 Å². The van der Waals surface area contributed by atoms with Crippen molar-refractivity contribution in [3.8, 4) is 0 Å². The van der Waals surface area contributed by atoms with Crippen molar-refractivity contribution in [1.29, 1.82) is 0 Å². The van der Waals surface area contributed by atoms with Crippen LogP contribution in [-0.2, 0) is 4.74 Å². The first-order valence-corrected chi connectivity index (χ1v) is 6.53. The van der Waals surface area contributed by atoms with Crippen LogP contribution in [0, 0.1) is 6.92 Å². The molecule has 0 amide bonds. The molecule has 2 N–H and O–H groups in total. The van der Waals surface area contributed by atoms with E-state index >= 15 is 0 Å². The van der Waals surface area contributed by atoms with Crippen molar-refractivity contribution in [3.05, 3.63) is 11.9 Å². The van der Waals surface area contributed by atoms with Gasteiger partial charge < -0.3 is 15.4 Å². The maximum atomic E-state index is 5.22. The van der Waals surface area contributed by atoms with Crippen LogP contribution in [-0.4, -0.2) is 36.3 Å². The molecule has 0 spiro atoms. The summed E-state index contributed by atoms with van der Waals surface area (Å²) in [4.78, 5) is 8.54. The first kappa shape index (κ1) is 14.7. The fourth-order valence-corrected chi connectivity index (χ4v) is 1.88. The Morgan fingerprint density at radius 1 is 1.28 bits per heavy atom. The van der Waals surface area contributed by atoms with Crippen molar-refractivity contribution < 1.29 is 4.74 Å². The first-order valence-electron chi connectivity index (χ1n) is 6.53. The Kier molecular flexibility index (Phi) is 6.43. The smallest absolute Gasteiger partial charge is 0.134 e. The van der Waals surface area contributed by atoms with E-state index in [1.165, 1.54) is 0 Å². The number of rotatable bonds is 8. The van der Waals surface area contributed by atoms with E-state index in [4.69, 9.17) is 4.74 Å². The van der Waals surface area contributed by atoms with E-state index in [9.17, 15) is 0 Å². The van der Waals surface area contributed by atoms with Gasteiger partial charge in [-0.1, -0.05) is 13.3 Å². The highest BCUT2D eigenvalue weighted by Crippen LogP contribution is 2.19. The average molecular weight is 252 g/mol. The molecular formula is C13H24N4O. The van der Waals surface area contributed by atoms with Gasteiger partial charge in [0.25, 0.3) is 0 Å². The number of ether oxygens (including phenoxy) is 1. The van der Waals surface area contributed by atoms with Crippen LogP contribution < -0.4 is 10.6 Å². The quantitative estimate of drug-likeness (QED) is 0.744. The molecule has 0 radical (unpaired) electrons. The van der Waals surface area contributed by atoms with Gasteiger partial charge in [0.05, 0.1) is 12.6 Å². The van der Waals surface area contributed by atoms with Crippen molar-refractivity contribution in [2.24, 2.45) is 0 Å². The third kappa shape index (κ3) is 4.14. The zero-order valence-corrected chi connectivity index (χ0v) is 11.8. The Balaban J connectivity index is 2.78. The highest BCUT2D eigenvalue weighted by atomic mass is 16.5. The third-order valence-corrected chi connectivity index (χ3v) is 2.77. The number of nitrogens with zero attached hydrogens (tertiary/aromatic N) is 2. The molecule has 102 valence electrons. The van der Waals surface area contributed by atoms with Gasteiger partial charge in [0.2, 0.25) is 0 Å².